The van der Waals surface area contributed by atoms with Gasteiger partial charge in [-0.1, -0.05) is 12.8 Å². The summed E-state index contributed by atoms with van der Waals surface area (Å²) in [6.45, 7) is 0.0392. The average molecular weight is 286 g/mol. The first-order valence-corrected chi connectivity index (χ1v) is 6.65. The number of halogens is 3. The van der Waals surface area contributed by atoms with Crippen LogP contribution in [0.15, 0.2) is 12.1 Å². The fourth-order valence-electron chi connectivity index (χ4n) is 2.66. The zero-order valence-electron chi connectivity index (χ0n) is 11.0. The van der Waals surface area contributed by atoms with E-state index in [1.165, 1.54) is 0 Å². The standard InChI is InChI=1S/C14H17F3N2O/c15-10-6-12(17)11(16)5-8(10)7-19-13-4-2-1-3-9(13)14(18)20/h5-6,9,13,19H,1-4,7H2,(H2,18,20)/t9-,13-/m0/s1. The van der Waals surface area contributed by atoms with Gasteiger partial charge in [-0.05, 0) is 18.9 Å². The smallest absolute Gasteiger partial charge is 0.222 e. The van der Waals surface area contributed by atoms with Gasteiger partial charge < -0.3 is 11.1 Å². The fraction of sp³-hybridized carbons (Fsp3) is 0.500. The van der Waals surface area contributed by atoms with Crippen molar-refractivity contribution >= 4 is 5.91 Å². The molecule has 0 aromatic heterocycles. The molecular weight excluding hydrogens is 269 g/mol. The highest BCUT2D eigenvalue weighted by Gasteiger charge is 2.29. The lowest BCUT2D eigenvalue weighted by atomic mass is 9.84. The van der Waals surface area contributed by atoms with Gasteiger partial charge in [-0.2, -0.15) is 0 Å². The quantitative estimate of drug-likeness (QED) is 0.834. The van der Waals surface area contributed by atoms with E-state index >= 15 is 0 Å². The number of hydrogen-bond donors (Lipinski definition) is 2. The number of carbonyl (C=O) groups excluding carboxylic acids is 1. The first kappa shape index (κ1) is 14.8. The van der Waals surface area contributed by atoms with E-state index in [0.29, 0.717) is 12.5 Å². The number of hydrogen-bond acceptors (Lipinski definition) is 2. The van der Waals surface area contributed by atoms with Gasteiger partial charge >= 0.3 is 0 Å². The molecule has 1 aliphatic rings. The zero-order valence-corrected chi connectivity index (χ0v) is 11.0. The number of nitrogens with two attached hydrogens (primary N) is 1. The summed E-state index contributed by atoms with van der Waals surface area (Å²) >= 11 is 0. The van der Waals surface area contributed by atoms with Gasteiger partial charge in [0.2, 0.25) is 5.91 Å². The van der Waals surface area contributed by atoms with E-state index in [-0.39, 0.29) is 30.0 Å². The normalized spacial score (nSPS) is 22.8. The number of benzene rings is 1. The molecule has 0 unspecified atom stereocenters. The van der Waals surface area contributed by atoms with Crippen molar-refractivity contribution in [3.63, 3.8) is 0 Å². The van der Waals surface area contributed by atoms with Gasteiger partial charge in [-0.15, -0.1) is 0 Å². The molecule has 3 N–H and O–H groups in total. The number of amides is 1. The maximum Gasteiger partial charge on any atom is 0.222 e. The minimum absolute atomic E-state index is 0.0392. The topological polar surface area (TPSA) is 55.1 Å². The molecule has 6 heteroatoms. The molecule has 0 saturated heterocycles. The van der Waals surface area contributed by atoms with Crippen LogP contribution in [-0.4, -0.2) is 11.9 Å². The summed E-state index contributed by atoms with van der Waals surface area (Å²) in [4.78, 5) is 11.3. The number of primary amides is 1. The minimum atomic E-state index is -1.21. The maximum absolute atomic E-state index is 13.5. The first-order chi connectivity index (χ1) is 9.49. The van der Waals surface area contributed by atoms with E-state index < -0.39 is 17.5 Å². The van der Waals surface area contributed by atoms with Gasteiger partial charge in [0.15, 0.2) is 11.6 Å². The van der Waals surface area contributed by atoms with E-state index in [0.717, 1.165) is 25.3 Å². The van der Waals surface area contributed by atoms with Crippen molar-refractivity contribution in [2.24, 2.45) is 11.7 Å². The maximum atomic E-state index is 13.5. The predicted molar refractivity (Wildman–Crippen MR) is 68.1 cm³/mol. The van der Waals surface area contributed by atoms with Gasteiger partial charge in [-0.3, -0.25) is 4.79 Å². The summed E-state index contributed by atoms with van der Waals surface area (Å²) in [5, 5.41) is 3.03. The summed E-state index contributed by atoms with van der Waals surface area (Å²) < 4.78 is 39.4. The lowest BCUT2D eigenvalue weighted by Crippen LogP contribution is -2.44. The van der Waals surface area contributed by atoms with Crippen LogP contribution < -0.4 is 11.1 Å². The van der Waals surface area contributed by atoms with Crippen LogP contribution in [-0.2, 0) is 11.3 Å². The Morgan fingerprint density at radius 1 is 1.15 bits per heavy atom. The molecular formula is C14H17F3N2O. The highest BCUT2D eigenvalue weighted by atomic mass is 19.2. The fourth-order valence-corrected chi connectivity index (χ4v) is 2.66. The van der Waals surface area contributed by atoms with E-state index in [2.05, 4.69) is 5.32 Å². The highest BCUT2D eigenvalue weighted by molar-refractivity contribution is 5.77. The molecule has 2 atom stereocenters. The Labute approximate surface area is 115 Å². The van der Waals surface area contributed by atoms with Crippen LogP contribution in [0, 0.1) is 23.4 Å². The summed E-state index contributed by atoms with van der Waals surface area (Å²) in [5.41, 5.74) is 5.38. The second kappa shape index (κ2) is 6.26. The van der Waals surface area contributed by atoms with Gasteiger partial charge in [-0.25, -0.2) is 13.2 Å². The van der Waals surface area contributed by atoms with Crippen LogP contribution in [0.2, 0.25) is 0 Å². The second-order valence-corrected chi connectivity index (χ2v) is 5.14. The molecule has 0 spiro atoms. The monoisotopic (exact) mass is 286 g/mol. The number of carbonyl (C=O) groups is 1. The van der Waals surface area contributed by atoms with Gasteiger partial charge in [0.25, 0.3) is 0 Å². The molecule has 0 radical (unpaired) electrons. The first-order valence-electron chi connectivity index (χ1n) is 6.65. The van der Waals surface area contributed by atoms with Crippen molar-refractivity contribution < 1.29 is 18.0 Å². The van der Waals surface area contributed by atoms with Crippen molar-refractivity contribution in [2.45, 2.75) is 38.3 Å². The van der Waals surface area contributed by atoms with E-state index in [1.54, 1.807) is 0 Å². The third-order valence-corrected chi connectivity index (χ3v) is 3.78. The largest absolute Gasteiger partial charge is 0.369 e. The van der Waals surface area contributed by atoms with Gasteiger partial charge in [0.1, 0.15) is 5.82 Å². The molecule has 1 amide bonds. The van der Waals surface area contributed by atoms with Crippen LogP contribution in [0.3, 0.4) is 0 Å². The van der Waals surface area contributed by atoms with E-state index in [9.17, 15) is 18.0 Å². The Bertz CT molecular complexity index is 507. The van der Waals surface area contributed by atoms with Crippen LogP contribution in [0.25, 0.3) is 0 Å². The van der Waals surface area contributed by atoms with Crippen molar-refractivity contribution in [1.82, 2.24) is 5.32 Å². The molecule has 0 bridgehead atoms. The summed E-state index contributed by atoms with van der Waals surface area (Å²) in [5.74, 6) is -3.77. The van der Waals surface area contributed by atoms with Crippen molar-refractivity contribution in [2.75, 3.05) is 0 Å². The minimum Gasteiger partial charge on any atom is -0.369 e. The Morgan fingerprint density at radius 2 is 1.80 bits per heavy atom. The average Bonchev–Trinajstić information content (AvgIpc) is 2.41. The third kappa shape index (κ3) is 3.30. The Kier molecular flexibility index (Phi) is 4.65. The Hall–Kier alpha value is -1.56. The molecule has 0 heterocycles. The third-order valence-electron chi connectivity index (χ3n) is 3.78. The predicted octanol–water partition coefficient (Wildman–Crippen LogP) is 2.24. The van der Waals surface area contributed by atoms with Crippen molar-refractivity contribution in [3.8, 4) is 0 Å². The highest BCUT2D eigenvalue weighted by Crippen LogP contribution is 2.24. The molecule has 0 aliphatic heterocycles. The molecule has 1 saturated carbocycles. The molecule has 1 aliphatic carbocycles. The van der Waals surface area contributed by atoms with E-state index in [1.807, 2.05) is 0 Å². The summed E-state index contributed by atoms with van der Waals surface area (Å²) in [6, 6.07) is 1.22. The Balaban J connectivity index is 2.04. The van der Waals surface area contributed by atoms with Gasteiger partial charge in [0.05, 0.1) is 5.92 Å². The molecule has 20 heavy (non-hydrogen) atoms. The van der Waals surface area contributed by atoms with Crippen LogP contribution in [0.5, 0.6) is 0 Å². The number of nitrogens with one attached hydrogen (secondary N) is 1. The summed E-state index contributed by atoms with van der Waals surface area (Å²) in [7, 11) is 0. The SMILES string of the molecule is NC(=O)[C@H]1CCCC[C@@H]1NCc1cc(F)c(F)cc1F. The zero-order chi connectivity index (χ0) is 14.7. The van der Waals surface area contributed by atoms with Gasteiger partial charge in [0, 0.05) is 24.2 Å². The molecule has 1 aromatic carbocycles. The van der Waals surface area contributed by atoms with Crippen molar-refractivity contribution in [1.29, 1.82) is 0 Å². The van der Waals surface area contributed by atoms with Crippen LogP contribution in [0.1, 0.15) is 31.2 Å². The molecule has 1 fully saturated rings. The van der Waals surface area contributed by atoms with Crippen LogP contribution in [0.4, 0.5) is 13.2 Å². The number of rotatable bonds is 4. The lowest BCUT2D eigenvalue weighted by Gasteiger charge is -2.30. The van der Waals surface area contributed by atoms with E-state index in [4.69, 9.17) is 5.73 Å². The second-order valence-electron chi connectivity index (χ2n) is 5.14. The lowest BCUT2D eigenvalue weighted by molar-refractivity contribution is -0.123. The molecule has 1 aromatic rings. The summed E-state index contributed by atoms with van der Waals surface area (Å²) in [6.07, 6.45) is 3.36. The Morgan fingerprint density at radius 3 is 2.50 bits per heavy atom. The molecule has 2 rings (SSSR count). The van der Waals surface area contributed by atoms with Crippen LogP contribution >= 0.6 is 0 Å². The molecule has 3 nitrogen and oxygen atoms in total. The van der Waals surface area contributed by atoms with Crippen molar-refractivity contribution in [3.05, 3.63) is 35.1 Å². The molecule has 110 valence electrons.